The minimum atomic E-state index is -0.345. The summed E-state index contributed by atoms with van der Waals surface area (Å²) in [5.74, 6) is 1.49. The van der Waals surface area contributed by atoms with Gasteiger partial charge in [-0.2, -0.15) is 0 Å². The van der Waals surface area contributed by atoms with Gasteiger partial charge in [0.2, 0.25) is 0 Å². The maximum Gasteiger partial charge on any atom is 0.161 e. The number of benzene rings is 1. The monoisotopic (exact) mass is 238 g/mol. The Kier molecular flexibility index (Phi) is 3.83. The Morgan fingerprint density at radius 2 is 2.06 bits per heavy atom. The molecule has 0 fully saturated rings. The largest absolute Gasteiger partial charge is 0.486 e. The topological polar surface area (TPSA) is 76.7 Å². The molecule has 5 heteroatoms. The van der Waals surface area contributed by atoms with Gasteiger partial charge in [-0.1, -0.05) is 6.07 Å². The summed E-state index contributed by atoms with van der Waals surface area (Å²) in [6.45, 7) is 1.07. The fraction of sp³-hybridized carbons (Fsp3) is 0.500. The molecule has 0 aromatic heterocycles. The minimum absolute atomic E-state index is 0.0695. The second-order valence-corrected chi connectivity index (χ2v) is 4.02. The first-order valence-corrected chi connectivity index (χ1v) is 5.69. The van der Waals surface area contributed by atoms with E-state index in [0.29, 0.717) is 13.2 Å². The Balaban J connectivity index is 2.25. The molecule has 0 spiro atoms. The van der Waals surface area contributed by atoms with Crippen molar-refractivity contribution in [1.29, 1.82) is 0 Å². The summed E-state index contributed by atoms with van der Waals surface area (Å²) in [6.07, 6.45) is 0. The zero-order valence-corrected chi connectivity index (χ0v) is 9.85. The van der Waals surface area contributed by atoms with Gasteiger partial charge in [-0.15, -0.1) is 0 Å². The molecule has 17 heavy (non-hydrogen) atoms. The second-order valence-electron chi connectivity index (χ2n) is 4.02. The average Bonchev–Trinajstić information content (AvgIpc) is 2.39. The van der Waals surface area contributed by atoms with E-state index in [1.54, 1.807) is 0 Å². The number of nitrogens with two attached hydrogens (primary N) is 1. The second kappa shape index (κ2) is 5.35. The number of ether oxygens (including phenoxy) is 2. The van der Waals surface area contributed by atoms with Crippen molar-refractivity contribution < 1.29 is 14.6 Å². The molecule has 2 rings (SSSR count). The van der Waals surface area contributed by atoms with Crippen LogP contribution in [-0.2, 0) is 0 Å². The van der Waals surface area contributed by atoms with Crippen molar-refractivity contribution in [3.05, 3.63) is 23.8 Å². The first kappa shape index (κ1) is 12.2. The molecule has 5 nitrogen and oxygen atoms in total. The summed E-state index contributed by atoms with van der Waals surface area (Å²) in [5.41, 5.74) is 6.84. The Labute approximate surface area is 101 Å². The van der Waals surface area contributed by atoms with Gasteiger partial charge in [0, 0.05) is 12.1 Å². The molecule has 0 saturated carbocycles. The lowest BCUT2D eigenvalue weighted by Crippen LogP contribution is -2.39. The van der Waals surface area contributed by atoms with Gasteiger partial charge in [0.05, 0.1) is 6.61 Å². The molecule has 1 aromatic rings. The van der Waals surface area contributed by atoms with Crippen LogP contribution in [0.25, 0.3) is 0 Å². The third kappa shape index (κ3) is 2.52. The Hall–Kier alpha value is -1.30. The maximum atomic E-state index is 9.12. The fourth-order valence-electron chi connectivity index (χ4n) is 1.99. The third-order valence-electron chi connectivity index (χ3n) is 2.88. The Morgan fingerprint density at radius 1 is 1.35 bits per heavy atom. The van der Waals surface area contributed by atoms with Crippen LogP contribution in [0.15, 0.2) is 18.2 Å². The molecule has 0 bridgehead atoms. The molecular weight excluding hydrogens is 220 g/mol. The number of aliphatic hydroxyl groups excluding tert-OH is 1. The number of hydrogen-bond donors (Lipinski definition) is 3. The summed E-state index contributed by atoms with van der Waals surface area (Å²) >= 11 is 0. The normalized spacial score (nSPS) is 17.6. The van der Waals surface area contributed by atoms with E-state index in [1.165, 1.54) is 0 Å². The number of nitrogens with one attached hydrogen (secondary N) is 1. The first-order valence-electron chi connectivity index (χ1n) is 5.69. The standard InChI is InChI=1S/C12H18N2O3/c1-14-12(9(13)7-15)8-2-3-10-11(6-8)17-5-4-16-10/h2-3,6,9,12,14-15H,4-5,7,13H2,1H3. The van der Waals surface area contributed by atoms with Crippen LogP contribution < -0.4 is 20.5 Å². The van der Waals surface area contributed by atoms with Crippen molar-refractivity contribution in [2.24, 2.45) is 5.73 Å². The molecule has 1 heterocycles. The maximum absolute atomic E-state index is 9.12. The lowest BCUT2D eigenvalue weighted by molar-refractivity contribution is 0.171. The van der Waals surface area contributed by atoms with Crippen LogP contribution in [0.2, 0.25) is 0 Å². The number of rotatable bonds is 4. The first-order chi connectivity index (χ1) is 8.26. The van der Waals surface area contributed by atoms with E-state index in [9.17, 15) is 0 Å². The number of hydrogen-bond acceptors (Lipinski definition) is 5. The zero-order valence-electron chi connectivity index (χ0n) is 9.85. The van der Waals surface area contributed by atoms with Crippen molar-refractivity contribution in [3.8, 4) is 11.5 Å². The lowest BCUT2D eigenvalue weighted by Gasteiger charge is -2.24. The van der Waals surface area contributed by atoms with Crippen LogP contribution in [0.3, 0.4) is 0 Å². The summed E-state index contributed by atoms with van der Waals surface area (Å²) in [4.78, 5) is 0. The highest BCUT2D eigenvalue weighted by Crippen LogP contribution is 2.32. The van der Waals surface area contributed by atoms with Gasteiger partial charge in [0.15, 0.2) is 11.5 Å². The Bertz CT molecular complexity index is 384. The summed E-state index contributed by atoms with van der Waals surface area (Å²) in [5, 5.41) is 12.2. The van der Waals surface area contributed by atoms with Gasteiger partial charge in [-0.3, -0.25) is 0 Å². The Morgan fingerprint density at radius 3 is 2.71 bits per heavy atom. The predicted molar refractivity (Wildman–Crippen MR) is 64.3 cm³/mol. The molecular formula is C12H18N2O3. The molecule has 1 aromatic carbocycles. The fourth-order valence-corrected chi connectivity index (χ4v) is 1.99. The van der Waals surface area contributed by atoms with Crippen LogP contribution in [0.4, 0.5) is 0 Å². The predicted octanol–water partition coefficient (Wildman–Crippen LogP) is 0.0379. The van der Waals surface area contributed by atoms with E-state index < -0.39 is 0 Å². The van der Waals surface area contributed by atoms with Gasteiger partial charge < -0.3 is 25.6 Å². The van der Waals surface area contributed by atoms with Gasteiger partial charge in [0.25, 0.3) is 0 Å². The highest BCUT2D eigenvalue weighted by atomic mass is 16.6. The van der Waals surface area contributed by atoms with Crippen LogP contribution in [0.5, 0.6) is 11.5 Å². The summed E-state index contributed by atoms with van der Waals surface area (Å²) in [6, 6.07) is 5.27. The molecule has 1 aliphatic heterocycles. The van der Waals surface area contributed by atoms with E-state index in [1.807, 2.05) is 25.2 Å². The van der Waals surface area contributed by atoms with Gasteiger partial charge >= 0.3 is 0 Å². The smallest absolute Gasteiger partial charge is 0.161 e. The highest BCUT2D eigenvalue weighted by molar-refractivity contribution is 5.45. The molecule has 2 unspecified atom stereocenters. The summed E-state index contributed by atoms with van der Waals surface area (Å²) < 4.78 is 11.0. The van der Waals surface area contributed by atoms with E-state index >= 15 is 0 Å². The van der Waals surface area contributed by atoms with Crippen molar-refractivity contribution in [1.82, 2.24) is 5.32 Å². The van der Waals surface area contributed by atoms with E-state index in [-0.39, 0.29) is 18.7 Å². The van der Waals surface area contributed by atoms with Crippen molar-refractivity contribution in [2.75, 3.05) is 26.9 Å². The molecule has 0 saturated heterocycles. The number of aliphatic hydroxyl groups is 1. The summed E-state index contributed by atoms with van der Waals surface area (Å²) in [7, 11) is 1.82. The van der Waals surface area contributed by atoms with Crippen molar-refractivity contribution >= 4 is 0 Å². The van der Waals surface area contributed by atoms with Crippen LogP contribution in [0, 0.1) is 0 Å². The molecule has 94 valence electrons. The SMILES string of the molecule is CNC(c1ccc2c(c1)OCCO2)C(N)CO. The van der Waals surface area contributed by atoms with Crippen molar-refractivity contribution in [3.63, 3.8) is 0 Å². The molecule has 4 N–H and O–H groups in total. The third-order valence-corrected chi connectivity index (χ3v) is 2.88. The quantitative estimate of drug-likeness (QED) is 0.690. The number of likely N-dealkylation sites (N-methyl/N-ethyl adjacent to an activating group) is 1. The van der Waals surface area contributed by atoms with Gasteiger partial charge in [-0.25, -0.2) is 0 Å². The van der Waals surface area contributed by atoms with E-state index in [0.717, 1.165) is 17.1 Å². The van der Waals surface area contributed by atoms with E-state index in [4.69, 9.17) is 20.3 Å². The molecule has 0 amide bonds. The van der Waals surface area contributed by atoms with Gasteiger partial charge in [-0.05, 0) is 24.7 Å². The minimum Gasteiger partial charge on any atom is -0.486 e. The lowest BCUT2D eigenvalue weighted by atomic mass is 10.00. The molecule has 0 radical (unpaired) electrons. The molecule has 0 aliphatic carbocycles. The van der Waals surface area contributed by atoms with Gasteiger partial charge in [0.1, 0.15) is 13.2 Å². The van der Waals surface area contributed by atoms with E-state index in [2.05, 4.69) is 5.32 Å². The molecule has 2 atom stereocenters. The van der Waals surface area contributed by atoms with Crippen LogP contribution in [-0.4, -0.2) is 38.0 Å². The van der Waals surface area contributed by atoms with Crippen LogP contribution in [0.1, 0.15) is 11.6 Å². The highest BCUT2D eigenvalue weighted by Gasteiger charge is 2.20. The molecule has 1 aliphatic rings. The van der Waals surface area contributed by atoms with Crippen LogP contribution >= 0.6 is 0 Å². The zero-order chi connectivity index (χ0) is 12.3. The number of fused-ring (bicyclic) bond motifs is 1. The van der Waals surface area contributed by atoms with Crippen molar-refractivity contribution in [2.45, 2.75) is 12.1 Å². The average molecular weight is 238 g/mol.